The third kappa shape index (κ3) is 6.88. The van der Waals surface area contributed by atoms with Gasteiger partial charge in [0.05, 0.1) is 16.1 Å². The van der Waals surface area contributed by atoms with Crippen LogP contribution in [0.5, 0.6) is 5.75 Å². The predicted octanol–water partition coefficient (Wildman–Crippen LogP) is 7.05. The molecule has 0 amide bonds. The molecule has 0 aromatic heterocycles. The standard InChI is InChI=1S/C24H27O3S2.C2H6/c1-3-11-21(4-2)28(22-12-7-5-8-13-22)23-18-16-20(17-19-23)27-29(25,26)24-14-9-6-10-15-24;1-2/h3-5,7-8,11-13,16-19,24H,1-2,6,9-10,14-15H2;1-2H3/q+1;/b21-11+;. The lowest BCUT2D eigenvalue weighted by Crippen LogP contribution is -2.28. The largest absolute Gasteiger partial charge is 0.382 e. The van der Waals surface area contributed by atoms with Gasteiger partial charge in [-0.2, -0.15) is 8.42 Å². The molecule has 3 rings (SSSR count). The molecule has 1 unspecified atom stereocenters. The van der Waals surface area contributed by atoms with Crippen LogP contribution in [0.25, 0.3) is 0 Å². The van der Waals surface area contributed by atoms with E-state index in [1.807, 2.05) is 56.3 Å². The van der Waals surface area contributed by atoms with E-state index < -0.39 is 15.4 Å². The Morgan fingerprint density at radius 1 is 0.935 bits per heavy atom. The molecule has 0 heterocycles. The van der Waals surface area contributed by atoms with Crippen LogP contribution in [0.3, 0.4) is 0 Å². The highest BCUT2D eigenvalue weighted by atomic mass is 32.2. The van der Waals surface area contributed by atoms with Gasteiger partial charge in [-0.1, -0.05) is 70.5 Å². The second kappa shape index (κ2) is 12.6. The van der Waals surface area contributed by atoms with E-state index in [4.69, 9.17) is 4.18 Å². The summed E-state index contributed by atoms with van der Waals surface area (Å²) in [5.74, 6) is 0.365. The predicted molar refractivity (Wildman–Crippen MR) is 133 cm³/mol. The highest BCUT2D eigenvalue weighted by Gasteiger charge is 2.31. The summed E-state index contributed by atoms with van der Waals surface area (Å²) in [5.41, 5.74) is 0. The zero-order valence-corrected chi connectivity index (χ0v) is 20.1. The molecule has 0 saturated heterocycles. The summed E-state index contributed by atoms with van der Waals surface area (Å²) < 4.78 is 30.6. The summed E-state index contributed by atoms with van der Waals surface area (Å²) in [6.45, 7) is 11.8. The topological polar surface area (TPSA) is 43.4 Å². The minimum atomic E-state index is -3.59. The van der Waals surface area contributed by atoms with Crippen molar-refractivity contribution in [3.05, 3.63) is 90.9 Å². The van der Waals surface area contributed by atoms with Crippen molar-refractivity contribution >= 4 is 21.0 Å². The maximum Gasteiger partial charge on any atom is 0.312 e. The Balaban J connectivity index is 0.00000166. The van der Waals surface area contributed by atoms with Gasteiger partial charge in [0.1, 0.15) is 5.75 Å². The Labute approximate surface area is 191 Å². The van der Waals surface area contributed by atoms with Crippen molar-refractivity contribution in [3.8, 4) is 5.75 Å². The molecule has 1 aliphatic rings. The van der Waals surface area contributed by atoms with Crippen LogP contribution in [-0.4, -0.2) is 13.7 Å². The van der Waals surface area contributed by atoms with Gasteiger partial charge in [-0.3, -0.25) is 0 Å². The molecule has 31 heavy (non-hydrogen) atoms. The van der Waals surface area contributed by atoms with Crippen LogP contribution in [0.1, 0.15) is 46.0 Å². The second-order valence-electron chi connectivity index (χ2n) is 6.94. The maximum atomic E-state index is 12.6. The quantitative estimate of drug-likeness (QED) is 0.242. The molecule has 0 bridgehead atoms. The number of hydrogen-bond donors (Lipinski definition) is 0. The van der Waals surface area contributed by atoms with E-state index in [9.17, 15) is 8.42 Å². The average molecular weight is 458 g/mol. The zero-order valence-electron chi connectivity index (χ0n) is 18.5. The summed E-state index contributed by atoms with van der Waals surface area (Å²) >= 11 is 0. The van der Waals surface area contributed by atoms with E-state index in [1.165, 1.54) is 0 Å². The Bertz CT molecular complexity index is 955. The van der Waals surface area contributed by atoms with E-state index >= 15 is 0 Å². The smallest absolute Gasteiger partial charge is 0.312 e. The average Bonchev–Trinajstić information content (AvgIpc) is 2.82. The molecule has 5 heteroatoms. The van der Waals surface area contributed by atoms with Crippen molar-refractivity contribution in [1.29, 1.82) is 0 Å². The molecule has 1 saturated carbocycles. The molecular weight excluding hydrogens is 424 g/mol. The summed E-state index contributed by atoms with van der Waals surface area (Å²) in [6.07, 6.45) is 9.94. The first-order chi connectivity index (χ1) is 15.0. The molecule has 3 nitrogen and oxygen atoms in total. The Hall–Kier alpha value is -2.24. The second-order valence-corrected chi connectivity index (χ2v) is 10.8. The van der Waals surface area contributed by atoms with Crippen molar-refractivity contribution in [2.24, 2.45) is 0 Å². The fourth-order valence-electron chi connectivity index (χ4n) is 3.49. The third-order valence-electron chi connectivity index (χ3n) is 4.93. The lowest BCUT2D eigenvalue weighted by Gasteiger charge is -2.21. The highest BCUT2D eigenvalue weighted by molar-refractivity contribution is 8.00. The van der Waals surface area contributed by atoms with E-state index in [0.717, 1.165) is 34.0 Å². The molecule has 166 valence electrons. The molecule has 1 atom stereocenters. The van der Waals surface area contributed by atoms with Crippen LogP contribution in [0.15, 0.2) is 101 Å². The summed E-state index contributed by atoms with van der Waals surface area (Å²) in [7, 11) is -3.95. The van der Waals surface area contributed by atoms with Gasteiger partial charge in [0.2, 0.25) is 0 Å². The Morgan fingerprint density at radius 3 is 2.06 bits per heavy atom. The van der Waals surface area contributed by atoms with Crippen LogP contribution in [0.2, 0.25) is 0 Å². The summed E-state index contributed by atoms with van der Waals surface area (Å²) in [4.78, 5) is 3.27. The maximum absolute atomic E-state index is 12.6. The van der Waals surface area contributed by atoms with Crippen molar-refractivity contribution in [2.75, 3.05) is 0 Å². The van der Waals surface area contributed by atoms with Gasteiger partial charge in [0.15, 0.2) is 14.7 Å². The van der Waals surface area contributed by atoms with Crippen molar-refractivity contribution in [3.63, 3.8) is 0 Å². The number of hydrogen-bond acceptors (Lipinski definition) is 3. The number of benzene rings is 2. The molecule has 0 spiro atoms. The molecule has 2 aromatic rings. The first-order valence-electron chi connectivity index (χ1n) is 10.8. The lowest BCUT2D eigenvalue weighted by molar-refractivity contribution is 0.429. The first-order valence-corrected chi connectivity index (χ1v) is 13.5. The SMILES string of the molecule is C=C/C=C(\C=C)[S+](c1ccccc1)c1ccc(OS(=O)(=O)C2CCCCC2)cc1.CC. The van der Waals surface area contributed by atoms with E-state index in [0.29, 0.717) is 18.6 Å². The first kappa shape index (κ1) is 25.0. The van der Waals surface area contributed by atoms with Crippen molar-refractivity contribution < 1.29 is 12.6 Å². The van der Waals surface area contributed by atoms with Crippen molar-refractivity contribution in [1.82, 2.24) is 0 Å². The van der Waals surface area contributed by atoms with Gasteiger partial charge in [-0.15, -0.1) is 0 Å². The van der Waals surface area contributed by atoms with Crippen LogP contribution in [0, 0.1) is 0 Å². The molecule has 1 fully saturated rings. The highest BCUT2D eigenvalue weighted by Crippen LogP contribution is 2.33. The number of allylic oxidation sites excluding steroid dienone is 3. The van der Waals surface area contributed by atoms with E-state index in [1.54, 1.807) is 18.2 Å². The monoisotopic (exact) mass is 457 g/mol. The van der Waals surface area contributed by atoms with Crippen LogP contribution in [0.4, 0.5) is 0 Å². The minimum absolute atomic E-state index is 0.358. The number of rotatable bonds is 8. The fourth-order valence-corrected chi connectivity index (χ4v) is 6.97. The fraction of sp³-hybridized carbons (Fsp3) is 0.308. The molecular formula is C26H33O3S2+. The van der Waals surface area contributed by atoms with Gasteiger partial charge < -0.3 is 4.18 Å². The van der Waals surface area contributed by atoms with Crippen LogP contribution >= 0.6 is 0 Å². The normalized spacial score (nSPS) is 15.9. The molecule has 2 aromatic carbocycles. The summed E-state index contributed by atoms with van der Waals surface area (Å²) in [6, 6.07) is 17.5. The van der Waals surface area contributed by atoms with Gasteiger partial charge in [0, 0.05) is 0 Å². The molecule has 0 aliphatic heterocycles. The van der Waals surface area contributed by atoms with Gasteiger partial charge >= 0.3 is 10.1 Å². The molecule has 0 N–H and O–H groups in total. The summed E-state index contributed by atoms with van der Waals surface area (Å²) in [5, 5.41) is -0.391. The minimum Gasteiger partial charge on any atom is -0.382 e. The molecule has 1 aliphatic carbocycles. The van der Waals surface area contributed by atoms with E-state index in [-0.39, 0.29) is 10.9 Å². The van der Waals surface area contributed by atoms with Crippen LogP contribution in [-0.2, 0) is 21.0 Å². The Kier molecular flexibility index (Phi) is 10.2. The Morgan fingerprint density at radius 2 is 1.52 bits per heavy atom. The van der Waals surface area contributed by atoms with E-state index in [2.05, 4.69) is 25.3 Å². The van der Waals surface area contributed by atoms with Gasteiger partial charge in [-0.05, 0) is 61.4 Å². The molecule has 0 radical (unpaired) electrons. The van der Waals surface area contributed by atoms with Crippen molar-refractivity contribution in [2.45, 2.75) is 61.0 Å². The van der Waals surface area contributed by atoms with Gasteiger partial charge in [-0.25, -0.2) is 0 Å². The third-order valence-corrected chi connectivity index (χ3v) is 8.90. The lowest BCUT2D eigenvalue weighted by atomic mass is 10.0. The van der Waals surface area contributed by atoms with Gasteiger partial charge in [0.25, 0.3) is 0 Å². The van der Waals surface area contributed by atoms with Crippen LogP contribution < -0.4 is 4.18 Å². The zero-order chi connectivity index (χ0) is 22.7.